The molecule has 112 valence electrons. The highest BCUT2D eigenvalue weighted by molar-refractivity contribution is 6.37. The summed E-state index contributed by atoms with van der Waals surface area (Å²) in [5, 5.41) is 13.2. The molecule has 0 bridgehead atoms. The first kappa shape index (κ1) is 15.9. The molecule has 0 atom stereocenters. The first-order valence-corrected chi connectivity index (χ1v) is 7.34. The van der Waals surface area contributed by atoms with Crippen LogP contribution >= 0.6 is 23.2 Å². The van der Waals surface area contributed by atoms with E-state index < -0.39 is 0 Å². The quantitative estimate of drug-likeness (QED) is 0.854. The predicted octanol–water partition coefficient (Wildman–Crippen LogP) is 3.43. The zero-order valence-corrected chi connectivity index (χ0v) is 13.2. The molecule has 0 aliphatic heterocycles. The SMILES string of the molecule is CNc1nc(N(CCO)Cc2ccccc2)c(Cl)cc1Cl. The molecule has 2 aromatic rings. The zero-order chi connectivity index (χ0) is 15.2. The van der Waals surface area contributed by atoms with Crippen LogP contribution in [0.3, 0.4) is 0 Å². The molecule has 0 aliphatic rings. The van der Waals surface area contributed by atoms with E-state index in [0.29, 0.717) is 34.8 Å². The Bertz CT molecular complexity index is 593. The summed E-state index contributed by atoms with van der Waals surface area (Å²) < 4.78 is 0. The molecule has 0 fully saturated rings. The summed E-state index contributed by atoms with van der Waals surface area (Å²) >= 11 is 12.3. The Hall–Kier alpha value is -1.49. The van der Waals surface area contributed by atoms with E-state index in [1.54, 1.807) is 13.1 Å². The first-order valence-electron chi connectivity index (χ1n) is 6.59. The Labute approximate surface area is 134 Å². The molecular formula is C15H17Cl2N3O. The maximum Gasteiger partial charge on any atom is 0.150 e. The number of anilines is 2. The molecule has 1 aromatic heterocycles. The Kier molecular flexibility index (Phi) is 5.67. The minimum absolute atomic E-state index is 0.0162. The third-order valence-corrected chi connectivity index (χ3v) is 3.60. The smallest absolute Gasteiger partial charge is 0.150 e. The van der Waals surface area contributed by atoms with Crippen LogP contribution in [0.25, 0.3) is 0 Å². The summed E-state index contributed by atoms with van der Waals surface area (Å²) in [6.45, 7) is 1.06. The number of aromatic nitrogens is 1. The molecule has 2 rings (SSSR count). The van der Waals surface area contributed by atoms with Crippen LogP contribution in [0.5, 0.6) is 0 Å². The fraction of sp³-hybridized carbons (Fsp3) is 0.267. The van der Waals surface area contributed by atoms with E-state index in [4.69, 9.17) is 23.2 Å². The molecule has 0 unspecified atom stereocenters. The van der Waals surface area contributed by atoms with Crippen molar-refractivity contribution in [3.05, 3.63) is 52.0 Å². The van der Waals surface area contributed by atoms with Gasteiger partial charge in [-0.3, -0.25) is 0 Å². The van der Waals surface area contributed by atoms with Crippen molar-refractivity contribution >= 4 is 34.8 Å². The number of hydrogen-bond donors (Lipinski definition) is 2. The van der Waals surface area contributed by atoms with Crippen LogP contribution in [0.2, 0.25) is 10.0 Å². The van der Waals surface area contributed by atoms with Crippen LogP contribution in [0.1, 0.15) is 5.56 Å². The van der Waals surface area contributed by atoms with Gasteiger partial charge in [-0.05, 0) is 11.6 Å². The molecule has 4 nitrogen and oxygen atoms in total. The standard InChI is InChI=1S/C15H17Cl2N3O/c1-18-14-12(16)9-13(17)15(19-14)20(7-8-21)10-11-5-3-2-4-6-11/h2-6,9,21H,7-8,10H2,1H3,(H,18,19). The first-order chi connectivity index (χ1) is 10.2. The van der Waals surface area contributed by atoms with E-state index in [1.165, 1.54) is 0 Å². The highest BCUT2D eigenvalue weighted by Crippen LogP contribution is 2.31. The van der Waals surface area contributed by atoms with Crippen LogP contribution in [0.4, 0.5) is 11.6 Å². The summed E-state index contributed by atoms with van der Waals surface area (Å²) in [6, 6.07) is 11.6. The van der Waals surface area contributed by atoms with E-state index in [9.17, 15) is 5.11 Å². The number of aliphatic hydroxyl groups excluding tert-OH is 1. The third-order valence-electron chi connectivity index (χ3n) is 3.03. The van der Waals surface area contributed by atoms with Crippen LogP contribution in [0.15, 0.2) is 36.4 Å². The Morgan fingerprint density at radius 1 is 1.19 bits per heavy atom. The Balaban J connectivity index is 2.33. The molecule has 21 heavy (non-hydrogen) atoms. The molecule has 0 saturated heterocycles. The Morgan fingerprint density at radius 2 is 1.90 bits per heavy atom. The molecular weight excluding hydrogens is 309 g/mol. The van der Waals surface area contributed by atoms with E-state index in [2.05, 4.69) is 10.3 Å². The van der Waals surface area contributed by atoms with Gasteiger partial charge in [0.1, 0.15) is 11.6 Å². The molecule has 0 saturated carbocycles. The molecule has 6 heteroatoms. The second kappa shape index (κ2) is 7.50. The van der Waals surface area contributed by atoms with E-state index in [1.807, 2.05) is 35.2 Å². The lowest BCUT2D eigenvalue weighted by Gasteiger charge is -2.24. The minimum Gasteiger partial charge on any atom is -0.395 e. The molecule has 0 spiro atoms. The van der Waals surface area contributed by atoms with E-state index in [-0.39, 0.29) is 6.61 Å². The fourth-order valence-corrected chi connectivity index (χ4v) is 2.61. The number of benzene rings is 1. The van der Waals surface area contributed by atoms with Crippen LogP contribution in [0, 0.1) is 0 Å². The number of aliphatic hydroxyl groups is 1. The van der Waals surface area contributed by atoms with Gasteiger partial charge in [-0.15, -0.1) is 0 Å². The van der Waals surface area contributed by atoms with Crippen molar-refractivity contribution in [1.29, 1.82) is 0 Å². The second-order valence-corrected chi connectivity index (χ2v) is 5.32. The van der Waals surface area contributed by atoms with Gasteiger partial charge < -0.3 is 15.3 Å². The van der Waals surface area contributed by atoms with Gasteiger partial charge in [0.05, 0.1) is 16.7 Å². The second-order valence-electron chi connectivity index (χ2n) is 4.50. The average molecular weight is 326 g/mol. The van der Waals surface area contributed by atoms with Gasteiger partial charge in [-0.1, -0.05) is 53.5 Å². The van der Waals surface area contributed by atoms with E-state index in [0.717, 1.165) is 5.56 Å². The maximum absolute atomic E-state index is 9.29. The summed E-state index contributed by atoms with van der Waals surface area (Å²) in [5.41, 5.74) is 1.12. The summed E-state index contributed by atoms with van der Waals surface area (Å²) in [4.78, 5) is 6.37. The molecule has 0 aliphatic carbocycles. The van der Waals surface area contributed by atoms with Gasteiger partial charge in [0, 0.05) is 20.1 Å². The molecule has 0 radical (unpaired) electrons. The fourth-order valence-electron chi connectivity index (χ4n) is 2.04. The third kappa shape index (κ3) is 4.00. The van der Waals surface area contributed by atoms with Crippen molar-refractivity contribution in [1.82, 2.24) is 4.98 Å². The number of nitrogens with one attached hydrogen (secondary N) is 1. The van der Waals surface area contributed by atoms with Gasteiger partial charge in [0.2, 0.25) is 0 Å². The van der Waals surface area contributed by atoms with Gasteiger partial charge >= 0.3 is 0 Å². The van der Waals surface area contributed by atoms with Crippen molar-refractivity contribution in [3.8, 4) is 0 Å². The van der Waals surface area contributed by atoms with Crippen molar-refractivity contribution < 1.29 is 5.11 Å². The van der Waals surface area contributed by atoms with Crippen molar-refractivity contribution in [2.75, 3.05) is 30.4 Å². The van der Waals surface area contributed by atoms with Crippen LogP contribution < -0.4 is 10.2 Å². The lowest BCUT2D eigenvalue weighted by Crippen LogP contribution is -2.27. The Morgan fingerprint density at radius 3 is 2.52 bits per heavy atom. The minimum atomic E-state index is 0.0162. The maximum atomic E-state index is 9.29. The number of hydrogen-bond acceptors (Lipinski definition) is 4. The summed E-state index contributed by atoms with van der Waals surface area (Å²) in [6.07, 6.45) is 0. The number of halogens is 2. The number of pyridine rings is 1. The van der Waals surface area contributed by atoms with Gasteiger partial charge in [0.15, 0.2) is 0 Å². The molecule has 0 amide bonds. The predicted molar refractivity (Wildman–Crippen MR) is 88.4 cm³/mol. The monoisotopic (exact) mass is 325 g/mol. The summed E-state index contributed by atoms with van der Waals surface area (Å²) in [5.74, 6) is 1.16. The van der Waals surface area contributed by atoms with Crippen molar-refractivity contribution in [3.63, 3.8) is 0 Å². The molecule has 1 heterocycles. The molecule has 2 N–H and O–H groups in total. The normalized spacial score (nSPS) is 10.5. The van der Waals surface area contributed by atoms with E-state index >= 15 is 0 Å². The lowest BCUT2D eigenvalue weighted by molar-refractivity contribution is 0.301. The summed E-state index contributed by atoms with van der Waals surface area (Å²) in [7, 11) is 1.75. The van der Waals surface area contributed by atoms with Gasteiger partial charge in [-0.2, -0.15) is 0 Å². The largest absolute Gasteiger partial charge is 0.395 e. The van der Waals surface area contributed by atoms with Crippen molar-refractivity contribution in [2.45, 2.75) is 6.54 Å². The number of rotatable bonds is 6. The van der Waals surface area contributed by atoms with Crippen LogP contribution in [-0.2, 0) is 6.54 Å². The van der Waals surface area contributed by atoms with Crippen LogP contribution in [-0.4, -0.2) is 30.3 Å². The van der Waals surface area contributed by atoms with Gasteiger partial charge in [-0.25, -0.2) is 4.98 Å². The zero-order valence-electron chi connectivity index (χ0n) is 11.7. The van der Waals surface area contributed by atoms with Gasteiger partial charge in [0.25, 0.3) is 0 Å². The topological polar surface area (TPSA) is 48.4 Å². The van der Waals surface area contributed by atoms with Crippen molar-refractivity contribution in [2.24, 2.45) is 0 Å². The molecule has 1 aromatic carbocycles. The lowest BCUT2D eigenvalue weighted by atomic mass is 10.2. The average Bonchev–Trinajstić information content (AvgIpc) is 2.48. The highest BCUT2D eigenvalue weighted by atomic mass is 35.5. The highest BCUT2D eigenvalue weighted by Gasteiger charge is 2.15. The number of nitrogens with zero attached hydrogens (tertiary/aromatic N) is 2.